The van der Waals surface area contributed by atoms with E-state index >= 15 is 0 Å². The molecule has 1 unspecified atom stereocenters. The Labute approximate surface area is 176 Å². The monoisotopic (exact) mass is 359 g/mol. The molecule has 1 aromatic carbocycles. The molecule has 23 heavy (non-hydrogen) atoms. The zero-order valence-corrected chi connectivity index (χ0v) is 16.7. The molecule has 124 valence electrons. The van der Waals surface area contributed by atoms with E-state index in [-0.39, 0.29) is 69.8 Å². The van der Waals surface area contributed by atoms with Crippen molar-refractivity contribution >= 4 is 12.4 Å². The molecule has 0 bridgehead atoms. The van der Waals surface area contributed by atoms with E-state index in [1.54, 1.807) is 0 Å². The van der Waals surface area contributed by atoms with E-state index in [1.165, 1.54) is 0 Å². The second-order valence-electron chi connectivity index (χ2n) is 5.66. The predicted octanol–water partition coefficient (Wildman–Crippen LogP) is -0.628. The first-order valence-corrected chi connectivity index (χ1v) is 7.25. The van der Waals surface area contributed by atoms with Crippen molar-refractivity contribution in [3.05, 3.63) is 24.0 Å². The number of nitrogens with zero attached hydrogens (tertiary/aromatic N) is 1. The molecule has 1 saturated heterocycles. The number of rotatable bonds is 5. The third kappa shape index (κ3) is 6.30. The van der Waals surface area contributed by atoms with Gasteiger partial charge in [-0.25, -0.2) is 4.39 Å². The quantitative estimate of drug-likeness (QED) is 0.517. The molecular weight excluding hydrogens is 340 g/mol. The van der Waals surface area contributed by atoms with Gasteiger partial charge in [0.1, 0.15) is 12.7 Å². The van der Waals surface area contributed by atoms with Crippen LogP contribution in [0.2, 0.25) is 0 Å². The maximum Gasteiger partial charge on any atom is 1.00 e. The molecule has 1 heterocycles. The van der Waals surface area contributed by atoms with Crippen LogP contribution in [-0.4, -0.2) is 50.3 Å². The van der Waals surface area contributed by atoms with Crippen LogP contribution in [0.25, 0.3) is 0 Å². The van der Waals surface area contributed by atoms with Crippen LogP contribution in [-0.2, 0) is 4.74 Å². The van der Waals surface area contributed by atoms with Crippen LogP contribution < -0.4 is 61.6 Å². The van der Waals surface area contributed by atoms with E-state index in [2.05, 4.69) is 18.7 Å². The number of halogens is 4. The summed E-state index contributed by atoms with van der Waals surface area (Å²) >= 11 is 0. The zero-order valence-electron chi connectivity index (χ0n) is 13.6. The smallest absolute Gasteiger partial charge is 0.488 e. The summed E-state index contributed by atoms with van der Waals surface area (Å²) in [4.78, 5) is 2.18. The number of morpholine rings is 1. The van der Waals surface area contributed by atoms with Crippen molar-refractivity contribution in [1.82, 2.24) is 4.90 Å². The Kier molecular flexibility index (Phi) is 8.53. The first kappa shape index (κ1) is 21.4. The van der Waals surface area contributed by atoms with Crippen molar-refractivity contribution < 1.29 is 78.2 Å². The van der Waals surface area contributed by atoms with Crippen molar-refractivity contribution in [3.63, 3.8) is 0 Å². The molecule has 0 aliphatic carbocycles. The minimum Gasteiger partial charge on any atom is -0.488 e. The van der Waals surface area contributed by atoms with Gasteiger partial charge in [0.25, 0.3) is 0 Å². The van der Waals surface area contributed by atoms with Gasteiger partial charge in [-0.15, -0.1) is 5.46 Å². The molecule has 3 nitrogen and oxygen atoms in total. The van der Waals surface area contributed by atoms with E-state index in [0.717, 1.165) is 18.7 Å². The van der Waals surface area contributed by atoms with Crippen molar-refractivity contribution in [2.75, 3.05) is 26.3 Å². The summed E-state index contributed by atoms with van der Waals surface area (Å²) < 4.78 is 62.4. The molecule has 2 rings (SSSR count). The van der Waals surface area contributed by atoms with Crippen LogP contribution in [0.4, 0.5) is 17.3 Å². The van der Waals surface area contributed by atoms with Gasteiger partial charge < -0.3 is 22.4 Å². The molecule has 0 saturated carbocycles. The van der Waals surface area contributed by atoms with E-state index in [9.17, 15) is 17.3 Å². The minimum absolute atomic E-state index is 0. The van der Waals surface area contributed by atoms with E-state index in [0.29, 0.717) is 25.3 Å². The number of hydrogen-bond donors (Lipinski definition) is 0. The van der Waals surface area contributed by atoms with Gasteiger partial charge in [-0.2, -0.15) is 0 Å². The van der Waals surface area contributed by atoms with Gasteiger partial charge in [0.05, 0.1) is 6.61 Å². The Balaban J connectivity index is 0.00000264. The first-order chi connectivity index (χ1) is 10.3. The Morgan fingerprint density at radius 2 is 2.04 bits per heavy atom. The molecule has 0 aromatic heterocycles. The fourth-order valence-corrected chi connectivity index (χ4v) is 2.33. The molecule has 0 N–H and O–H groups in total. The topological polar surface area (TPSA) is 21.7 Å². The first-order valence-electron chi connectivity index (χ1n) is 7.25. The average molecular weight is 359 g/mol. The summed E-state index contributed by atoms with van der Waals surface area (Å²) in [6.45, 7) is 0.896. The van der Waals surface area contributed by atoms with Crippen LogP contribution in [0, 0.1) is 5.82 Å². The van der Waals surface area contributed by atoms with Gasteiger partial charge in [0.2, 0.25) is 0 Å². The van der Waals surface area contributed by atoms with Crippen LogP contribution in [0.5, 0.6) is 5.75 Å². The Hall–Kier alpha value is 0.361. The van der Waals surface area contributed by atoms with Gasteiger partial charge in [-0.3, -0.25) is 4.90 Å². The van der Waals surface area contributed by atoms with Crippen LogP contribution >= 0.6 is 0 Å². The maximum atomic E-state index is 13.6. The summed E-state index contributed by atoms with van der Waals surface area (Å²) in [5, 5.41) is 0. The predicted molar refractivity (Wildman–Crippen MR) is 77.1 cm³/mol. The molecule has 0 amide bonds. The zero-order chi connectivity index (χ0) is 16.3. The minimum atomic E-state index is -5.18. The van der Waals surface area contributed by atoms with Crippen molar-refractivity contribution in [2.24, 2.45) is 0 Å². The summed E-state index contributed by atoms with van der Waals surface area (Å²) in [7, 11) is 0. The third-order valence-electron chi connectivity index (χ3n) is 3.66. The Bertz CT molecular complexity index is 516. The molecular formula is C14H19BF4KNO2. The van der Waals surface area contributed by atoms with Gasteiger partial charge >= 0.3 is 58.4 Å². The van der Waals surface area contributed by atoms with Crippen molar-refractivity contribution in [3.8, 4) is 5.75 Å². The Morgan fingerprint density at radius 3 is 2.65 bits per heavy atom. The molecule has 9 heteroatoms. The second-order valence-corrected chi connectivity index (χ2v) is 5.66. The van der Waals surface area contributed by atoms with Gasteiger partial charge in [0, 0.05) is 19.1 Å². The van der Waals surface area contributed by atoms with Gasteiger partial charge in [0.15, 0.2) is 11.6 Å². The van der Waals surface area contributed by atoms with Crippen LogP contribution in [0.15, 0.2) is 18.2 Å². The normalized spacial score (nSPS) is 19.5. The largest absolute Gasteiger partial charge is 1.00 e. The molecule has 1 aliphatic rings. The van der Waals surface area contributed by atoms with E-state index < -0.39 is 18.3 Å². The SMILES string of the molecule is CC(C)N1CCOC(COc2cc([B-](F)(F)F)ccc2F)C1.[K+]. The van der Waals surface area contributed by atoms with Crippen LogP contribution in [0.1, 0.15) is 13.8 Å². The number of benzene rings is 1. The van der Waals surface area contributed by atoms with Crippen LogP contribution in [0.3, 0.4) is 0 Å². The van der Waals surface area contributed by atoms with Gasteiger partial charge in [-0.05, 0) is 26.0 Å². The standard InChI is InChI=1S/C14H19BF4NO2.K/c1-10(2)20-5-6-21-12(8-20)9-22-14-7-11(15(17,18)19)3-4-13(14)16;/h3-4,7,10,12H,5-6,8-9H2,1-2H3;/q-1;+1. The summed E-state index contributed by atoms with van der Waals surface area (Å²) in [5.41, 5.74) is -0.871. The van der Waals surface area contributed by atoms with Crippen molar-refractivity contribution in [2.45, 2.75) is 26.0 Å². The van der Waals surface area contributed by atoms with E-state index in [4.69, 9.17) is 9.47 Å². The fourth-order valence-electron chi connectivity index (χ4n) is 2.33. The maximum absolute atomic E-state index is 13.6. The molecule has 1 atom stereocenters. The fraction of sp³-hybridized carbons (Fsp3) is 0.571. The molecule has 1 fully saturated rings. The summed E-state index contributed by atoms with van der Waals surface area (Å²) in [6.07, 6.45) is -0.282. The van der Waals surface area contributed by atoms with E-state index in [1.807, 2.05) is 0 Å². The van der Waals surface area contributed by atoms with Crippen molar-refractivity contribution in [1.29, 1.82) is 0 Å². The molecule has 0 radical (unpaired) electrons. The Morgan fingerprint density at radius 1 is 1.35 bits per heavy atom. The summed E-state index contributed by atoms with van der Waals surface area (Å²) in [6, 6.07) is 2.56. The molecule has 1 aromatic rings. The molecule has 0 spiro atoms. The third-order valence-corrected chi connectivity index (χ3v) is 3.66. The average Bonchev–Trinajstić information content (AvgIpc) is 2.45. The second kappa shape index (κ2) is 9.17. The molecule has 1 aliphatic heterocycles. The summed E-state index contributed by atoms with van der Waals surface area (Å²) in [5.74, 6) is -1.19. The van der Waals surface area contributed by atoms with Gasteiger partial charge in [-0.1, -0.05) is 6.07 Å². The number of hydrogen-bond acceptors (Lipinski definition) is 3. The number of ether oxygens (including phenoxy) is 2.